The second kappa shape index (κ2) is 7.49. The molecule has 7 nitrogen and oxygen atoms in total. The lowest BCUT2D eigenvalue weighted by Crippen LogP contribution is -2.20. The van der Waals surface area contributed by atoms with Crippen molar-refractivity contribution in [1.29, 1.82) is 0 Å². The summed E-state index contributed by atoms with van der Waals surface area (Å²) >= 11 is 1.18. The quantitative estimate of drug-likeness (QED) is 0.513. The van der Waals surface area contributed by atoms with E-state index in [9.17, 15) is 14.9 Å². The van der Waals surface area contributed by atoms with Crippen molar-refractivity contribution in [3.05, 3.63) is 58.1 Å². The van der Waals surface area contributed by atoms with Crippen LogP contribution in [0.2, 0.25) is 0 Å². The highest BCUT2D eigenvalue weighted by Crippen LogP contribution is 2.29. The summed E-state index contributed by atoms with van der Waals surface area (Å²) < 4.78 is 6.27. The fourth-order valence-corrected chi connectivity index (χ4v) is 3.38. The van der Waals surface area contributed by atoms with E-state index in [1.165, 1.54) is 23.5 Å². The third-order valence-electron chi connectivity index (χ3n) is 3.73. The maximum Gasteiger partial charge on any atom is 0.270 e. The summed E-state index contributed by atoms with van der Waals surface area (Å²) in [6.07, 6.45) is 0. The molecule has 0 spiro atoms. The summed E-state index contributed by atoms with van der Waals surface area (Å²) in [4.78, 5) is 26.8. The Morgan fingerprint density at radius 2 is 2.08 bits per heavy atom. The number of nitrogens with zero attached hydrogens (tertiary/aromatic N) is 2. The van der Waals surface area contributed by atoms with Crippen LogP contribution >= 0.6 is 11.3 Å². The number of carbonyl (C=O) groups is 1. The number of thiazole rings is 1. The number of nitrogens with one attached hydrogen (secondary N) is 1. The number of hydrogen-bond acceptors (Lipinski definition) is 6. The number of hydrogen-bond donors (Lipinski definition) is 1. The molecule has 1 heterocycles. The Morgan fingerprint density at radius 3 is 2.81 bits per heavy atom. The molecule has 0 saturated carbocycles. The monoisotopic (exact) mass is 371 g/mol. The van der Waals surface area contributed by atoms with Gasteiger partial charge in [0.1, 0.15) is 5.75 Å². The summed E-state index contributed by atoms with van der Waals surface area (Å²) in [6, 6.07) is 12.0. The first-order valence-corrected chi connectivity index (χ1v) is 8.82. The first-order valence-electron chi connectivity index (χ1n) is 8.00. The maximum atomic E-state index is 12.1. The minimum Gasteiger partial charge on any atom is -0.483 e. The lowest BCUT2D eigenvalue weighted by Gasteiger charge is -2.13. The number of amides is 1. The molecule has 1 aromatic heterocycles. The van der Waals surface area contributed by atoms with Crippen LogP contribution in [-0.4, -0.2) is 22.4 Å². The highest BCUT2D eigenvalue weighted by molar-refractivity contribution is 7.22. The van der Waals surface area contributed by atoms with Crippen molar-refractivity contribution in [2.24, 2.45) is 0 Å². The molecule has 1 N–H and O–H groups in total. The molecule has 3 aromatic rings. The normalized spacial score (nSPS) is 10.9. The number of nitro benzene ring substituents is 1. The number of benzene rings is 2. The number of carbonyl (C=O) groups excluding carboxylic acids is 1. The first kappa shape index (κ1) is 17.8. The summed E-state index contributed by atoms with van der Waals surface area (Å²) in [5, 5.41) is 13.9. The van der Waals surface area contributed by atoms with Gasteiger partial charge in [-0.1, -0.05) is 43.4 Å². The van der Waals surface area contributed by atoms with Gasteiger partial charge in [0.05, 0.1) is 15.1 Å². The Morgan fingerprint density at radius 1 is 1.31 bits per heavy atom. The highest BCUT2D eigenvalue weighted by Gasteiger charge is 2.13. The SMILES string of the molecule is CC(C)c1ccccc1OCC(=O)Nc1nc2ccc([N+](=O)[O-])cc2s1. The largest absolute Gasteiger partial charge is 0.483 e. The van der Waals surface area contributed by atoms with Crippen LogP contribution < -0.4 is 10.1 Å². The van der Waals surface area contributed by atoms with Gasteiger partial charge in [-0.15, -0.1) is 0 Å². The molecular weight excluding hydrogens is 354 g/mol. The smallest absolute Gasteiger partial charge is 0.270 e. The van der Waals surface area contributed by atoms with Crippen LogP contribution in [0.15, 0.2) is 42.5 Å². The second-order valence-electron chi connectivity index (χ2n) is 5.96. The molecule has 3 rings (SSSR count). The molecule has 0 fully saturated rings. The van der Waals surface area contributed by atoms with Crippen LogP contribution in [0, 0.1) is 10.1 Å². The van der Waals surface area contributed by atoms with Gasteiger partial charge in [-0.2, -0.15) is 0 Å². The van der Waals surface area contributed by atoms with Crippen LogP contribution in [0.4, 0.5) is 10.8 Å². The molecule has 0 aliphatic heterocycles. The van der Waals surface area contributed by atoms with Gasteiger partial charge in [-0.3, -0.25) is 20.2 Å². The topological polar surface area (TPSA) is 94.4 Å². The van der Waals surface area contributed by atoms with Crippen molar-refractivity contribution in [3.63, 3.8) is 0 Å². The molecule has 2 aromatic carbocycles. The molecular formula is C18H17N3O4S. The summed E-state index contributed by atoms with van der Waals surface area (Å²) in [5.41, 5.74) is 1.63. The predicted molar refractivity (Wildman–Crippen MR) is 101 cm³/mol. The van der Waals surface area contributed by atoms with E-state index in [1.54, 1.807) is 6.07 Å². The van der Waals surface area contributed by atoms with Gasteiger partial charge in [0, 0.05) is 12.1 Å². The Bertz CT molecular complexity index is 968. The van der Waals surface area contributed by atoms with E-state index in [4.69, 9.17) is 4.74 Å². The van der Waals surface area contributed by atoms with E-state index >= 15 is 0 Å². The van der Waals surface area contributed by atoms with Crippen molar-refractivity contribution >= 4 is 38.3 Å². The average molecular weight is 371 g/mol. The molecule has 0 radical (unpaired) electrons. The van der Waals surface area contributed by atoms with E-state index in [2.05, 4.69) is 24.1 Å². The zero-order valence-corrected chi connectivity index (χ0v) is 15.1. The summed E-state index contributed by atoms with van der Waals surface area (Å²) in [7, 11) is 0. The number of ether oxygens (including phenoxy) is 1. The number of anilines is 1. The third-order valence-corrected chi connectivity index (χ3v) is 4.66. The third kappa shape index (κ3) is 3.97. The number of para-hydroxylation sites is 1. The van der Waals surface area contributed by atoms with Gasteiger partial charge >= 0.3 is 0 Å². The van der Waals surface area contributed by atoms with Gasteiger partial charge in [-0.05, 0) is 23.6 Å². The molecule has 0 saturated heterocycles. The van der Waals surface area contributed by atoms with Crippen LogP contribution in [0.25, 0.3) is 10.2 Å². The molecule has 1 amide bonds. The molecule has 0 unspecified atom stereocenters. The van der Waals surface area contributed by atoms with Gasteiger partial charge in [0.15, 0.2) is 11.7 Å². The first-order chi connectivity index (χ1) is 12.4. The molecule has 0 aliphatic rings. The number of non-ortho nitro benzene ring substituents is 1. The maximum absolute atomic E-state index is 12.1. The number of fused-ring (bicyclic) bond motifs is 1. The van der Waals surface area contributed by atoms with Crippen molar-refractivity contribution < 1.29 is 14.5 Å². The van der Waals surface area contributed by atoms with E-state index < -0.39 is 4.92 Å². The highest BCUT2D eigenvalue weighted by atomic mass is 32.1. The van der Waals surface area contributed by atoms with E-state index in [0.717, 1.165) is 5.56 Å². The number of nitro groups is 1. The van der Waals surface area contributed by atoms with Gasteiger partial charge < -0.3 is 4.74 Å². The average Bonchev–Trinajstić information content (AvgIpc) is 3.01. The minimum atomic E-state index is -0.461. The van der Waals surface area contributed by atoms with E-state index in [1.807, 2.05) is 24.3 Å². The molecule has 8 heteroatoms. The fourth-order valence-electron chi connectivity index (χ4n) is 2.47. The van der Waals surface area contributed by atoms with Crippen LogP contribution in [0.1, 0.15) is 25.3 Å². The van der Waals surface area contributed by atoms with Crippen LogP contribution in [0.5, 0.6) is 5.75 Å². The standard InChI is InChI=1S/C18H17N3O4S/c1-11(2)13-5-3-4-6-15(13)25-10-17(22)20-18-19-14-8-7-12(21(23)24)9-16(14)26-18/h3-9,11H,10H2,1-2H3,(H,19,20,22). The predicted octanol–water partition coefficient (Wildman–Crippen LogP) is 4.35. The lowest BCUT2D eigenvalue weighted by atomic mass is 10.0. The Labute approximate surface area is 153 Å². The van der Waals surface area contributed by atoms with Gasteiger partial charge in [-0.25, -0.2) is 4.98 Å². The van der Waals surface area contributed by atoms with Gasteiger partial charge in [0.25, 0.3) is 11.6 Å². The minimum absolute atomic E-state index is 0.00680. The van der Waals surface area contributed by atoms with E-state index in [0.29, 0.717) is 21.1 Å². The number of rotatable bonds is 6. The van der Waals surface area contributed by atoms with Crippen molar-refractivity contribution in [1.82, 2.24) is 4.98 Å². The van der Waals surface area contributed by atoms with Crippen LogP contribution in [0.3, 0.4) is 0 Å². The van der Waals surface area contributed by atoms with Crippen molar-refractivity contribution in [2.45, 2.75) is 19.8 Å². The zero-order valence-electron chi connectivity index (χ0n) is 14.3. The Kier molecular flexibility index (Phi) is 5.13. The summed E-state index contributed by atoms with van der Waals surface area (Å²) in [6.45, 7) is 3.98. The Balaban J connectivity index is 1.67. The molecule has 134 valence electrons. The van der Waals surface area contributed by atoms with Crippen molar-refractivity contribution in [2.75, 3.05) is 11.9 Å². The van der Waals surface area contributed by atoms with E-state index in [-0.39, 0.29) is 24.1 Å². The second-order valence-corrected chi connectivity index (χ2v) is 6.99. The lowest BCUT2D eigenvalue weighted by molar-refractivity contribution is -0.384. The molecule has 0 atom stereocenters. The van der Waals surface area contributed by atoms with Gasteiger partial charge in [0.2, 0.25) is 0 Å². The molecule has 0 aliphatic carbocycles. The van der Waals surface area contributed by atoms with Crippen molar-refractivity contribution in [3.8, 4) is 5.75 Å². The summed E-state index contributed by atoms with van der Waals surface area (Å²) in [5.74, 6) is 0.629. The molecule has 0 bridgehead atoms. The fraction of sp³-hybridized carbons (Fsp3) is 0.222. The Hall–Kier alpha value is -3.00. The molecule has 26 heavy (non-hydrogen) atoms. The van der Waals surface area contributed by atoms with Crippen LogP contribution in [-0.2, 0) is 4.79 Å². The zero-order chi connectivity index (χ0) is 18.7. The number of aromatic nitrogens is 1.